The topological polar surface area (TPSA) is 35.5 Å². The average molecular weight is 282 g/mol. The maximum absolute atomic E-state index is 9.92. The highest BCUT2D eigenvalue weighted by Gasteiger charge is 2.38. The number of nitrogens with zero attached hydrogens (tertiary/aromatic N) is 1. The van der Waals surface area contributed by atoms with E-state index >= 15 is 0 Å². The number of aliphatic hydroxyl groups is 1. The molecule has 0 heterocycles. The van der Waals surface area contributed by atoms with Gasteiger partial charge in [-0.05, 0) is 51.0 Å². The largest absolute Gasteiger partial charge is 0.394 e. The molecule has 0 saturated heterocycles. The van der Waals surface area contributed by atoms with Crippen LogP contribution in [0, 0.1) is 5.92 Å². The molecule has 0 aromatic rings. The van der Waals surface area contributed by atoms with Gasteiger partial charge >= 0.3 is 0 Å². The molecule has 0 aromatic heterocycles. The molecule has 2 atom stereocenters. The van der Waals surface area contributed by atoms with Crippen LogP contribution in [0.2, 0.25) is 0 Å². The van der Waals surface area contributed by atoms with Crippen LogP contribution in [0.25, 0.3) is 0 Å². The van der Waals surface area contributed by atoms with Gasteiger partial charge in [0, 0.05) is 24.2 Å². The molecule has 2 aliphatic rings. The Kier molecular flexibility index (Phi) is 5.88. The van der Waals surface area contributed by atoms with Gasteiger partial charge in [-0.25, -0.2) is 0 Å². The lowest BCUT2D eigenvalue weighted by atomic mass is 9.77. The normalized spacial score (nSPS) is 31.8. The van der Waals surface area contributed by atoms with Gasteiger partial charge in [0.05, 0.1) is 6.61 Å². The summed E-state index contributed by atoms with van der Waals surface area (Å²) in [7, 11) is 0. The van der Waals surface area contributed by atoms with E-state index in [2.05, 4.69) is 31.0 Å². The first-order valence-electron chi connectivity index (χ1n) is 8.71. The summed E-state index contributed by atoms with van der Waals surface area (Å²) in [4.78, 5) is 2.69. The smallest absolute Gasteiger partial charge is 0.0613 e. The van der Waals surface area contributed by atoms with Gasteiger partial charge in [0.25, 0.3) is 0 Å². The number of aliphatic hydroxyl groups excluding tert-OH is 1. The molecule has 2 unspecified atom stereocenters. The monoisotopic (exact) mass is 282 g/mol. The molecular formula is C17H34N2O. The minimum absolute atomic E-state index is 0.0376. The molecule has 0 bridgehead atoms. The second kappa shape index (κ2) is 7.24. The van der Waals surface area contributed by atoms with Crippen molar-refractivity contribution in [1.29, 1.82) is 0 Å². The molecule has 3 nitrogen and oxygen atoms in total. The van der Waals surface area contributed by atoms with Crippen molar-refractivity contribution in [3.63, 3.8) is 0 Å². The van der Waals surface area contributed by atoms with Crippen molar-refractivity contribution in [3.8, 4) is 0 Å². The van der Waals surface area contributed by atoms with Crippen LogP contribution in [0.4, 0.5) is 0 Å². The van der Waals surface area contributed by atoms with E-state index < -0.39 is 0 Å². The Morgan fingerprint density at radius 2 is 2.00 bits per heavy atom. The summed E-state index contributed by atoms with van der Waals surface area (Å²) in [6.07, 6.45) is 9.08. The Balaban J connectivity index is 1.95. The van der Waals surface area contributed by atoms with Crippen LogP contribution in [0.1, 0.15) is 65.7 Å². The molecule has 20 heavy (non-hydrogen) atoms. The van der Waals surface area contributed by atoms with Crippen molar-refractivity contribution in [1.82, 2.24) is 10.2 Å². The average Bonchev–Trinajstić information content (AvgIpc) is 2.37. The van der Waals surface area contributed by atoms with Crippen molar-refractivity contribution in [2.45, 2.75) is 83.3 Å². The molecule has 0 aliphatic heterocycles. The first-order chi connectivity index (χ1) is 9.58. The van der Waals surface area contributed by atoms with E-state index in [4.69, 9.17) is 0 Å². The van der Waals surface area contributed by atoms with E-state index in [9.17, 15) is 5.11 Å². The molecule has 0 amide bonds. The minimum atomic E-state index is -0.0376. The maximum atomic E-state index is 9.92. The number of nitrogens with one attached hydrogen (secondary N) is 1. The van der Waals surface area contributed by atoms with Crippen LogP contribution in [0.3, 0.4) is 0 Å². The van der Waals surface area contributed by atoms with Gasteiger partial charge in [-0.1, -0.05) is 27.2 Å². The lowest BCUT2D eigenvalue weighted by Gasteiger charge is -2.46. The van der Waals surface area contributed by atoms with Crippen molar-refractivity contribution in [3.05, 3.63) is 0 Å². The Morgan fingerprint density at radius 3 is 2.50 bits per heavy atom. The van der Waals surface area contributed by atoms with E-state index in [1.54, 1.807) is 0 Å². The van der Waals surface area contributed by atoms with Gasteiger partial charge in [0.2, 0.25) is 0 Å². The quantitative estimate of drug-likeness (QED) is 0.754. The molecule has 0 spiro atoms. The number of hydrogen-bond donors (Lipinski definition) is 2. The van der Waals surface area contributed by atoms with E-state index in [0.717, 1.165) is 25.3 Å². The molecule has 2 rings (SSSR count). The molecular weight excluding hydrogens is 248 g/mol. The lowest BCUT2D eigenvalue weighted by molar-refractivity contribution is 0.0430. The Labute approximate surface area is 125 Å². The highest BCUT2D eigenvalue weighted by molar-refractivity contribution is 4.97. The van der Waals surface area contributed by atoms with Gasteiger partial charge in [0.1, 0.15) is 0 Å². The summed E-state index contributed by atoms with van der Waals surface area (Å²) in [6, 6.07) is 1.11. The molecule has 2 fully saturated rings. The Bertz CT molecular complexity index is 291. The van der Waals surface area contributed by atoms with Crippen molar-refractivity contribution < 1.29 is 5.11 Å². The fraction of sp³-hybridized carbons (Fsp3) is 1.00. The first kappa shape index (κ1) is 16.3. The number of rotatable bonds is 7. The Morgan fingerprint density at radius 1 is 1.25 bits per heavy atom. The first-order valence-corrected chi connectivity index (χ1v) is 8.71. The van der Waals surface area contributed by atoms with Gasteiger partial charge in [0.15, 0.2) is 0 Å². The van der Waals surface area contributed by atoms with Crippen molar-refractivity contribution >= 4 is 0 Å². The maximum Gasteiger partial charge on any atom is 0.0613 e. The van der Waals surface area contributed by atoms with Crippen molar-refractivity contribution in [2.75, 3.05) is 19.7 Å². The van der Waals surface area contributed by atoms with Gasteiger partial charge in [-0.2, -0.15) is 0 Å². The minimum Gasteiger partial charge on any atom is -0.394 e. The van der Waals surface area contributed by atoms with Crippen LogP contribution < -0.4 is 5.32 Å². The molecule has 0 aromatic carbocycles. The molecule has 118 valence electrons. The van der Waals surface area contributed by atoms with E-state index in [0.29, 0.717) is 12.1 Å². The molecule has 2 saturated carbocycles. The molecule has 0 radical (unpaired) electrons. The van der Waals surface area contributed by atoms with Gasteiger partial charge < -0.3 is 15.3 Å². The van der Waals surface area contributed by atoms with E-state index in [-0.39, 0.29) is 12.1 Å². The van der Waals surface area contributed by atoms with Crippen LogP contribution in [-0.4, -0.2) is 47.3 Å². The summed E-state index contributed by atoms with van der Waals surface area (Å²) in [5, 5.41) is 13.6. The van der Waals surface area contributed by atoms with Gasteiger partial charge in [-0.15, -0.1) is 0 Å². The zero-order valence-electron chi connectivity index (χ0n) is 13.7. The summed E-state index contributed by atoms with van der Waals surface area (Å²) in [5.41, 5.74) is -0.0376. The zero-order chi connectivity index (χ0) is 14.6. The summed E-state index contributed by atoms with van der Waals surface area (Å²) < 4.78 is 0. The van der Waals surface area contributed by atoms with E-state index in [1.807, 2.05) is 0 Å². The molecule has 2 N–H and O–H groups in total. The van der Waals surface area contributed by atoms with Crippen molar-refractivity contribution in [2.24, 2.45) is 5.92 Å². The third-order valence-electron chi connectivity index (χ3n) is 5.36. The predicted octanol–water partition coefficient (Wildman–Crippen LogP) is 2.78. The molecule has 2 aliphatic carbocycles. The van der Waals surface area contributed by atoms with Crippen LogP contribution in [0.5, 0.6) is 0 Å². The third kappa shape index (κ3) is 3.96. The predicted molar refractivity (Wildman–Crippen MR) is 84.9 cm³/mol. The van der Waals surface area contributed by atoms with E-state index in [1.165, 1.54) is 38.6 Å². The third-order valence-corrected chi connectivity index (χ3v) is 5.36. The highest BCUT2D eigenvalue weighted by atomic mass is 16.3. The second-order valence-corrected chi connectivity index (χ2v) is 7.37. The molecule has 3 heteroatoms. The summed E-state index contributed by atoms with van der Waals surface area (Å²) >= 11 is 0. The van der Waals surface area contributed by atoms with Crippen LogP contribution >= 0.6 is 0 Å². The number of hydrogen-bond acceptors (Lipinski definition) is 3. The van der Waals surface area contributed by atoms with Crippen LogP contribution in [-0.2, 0) is 0 Å². The standard InChI is InChI=1S/C17H34N2O/c1-4-19(12-15-7-5-8-15)16-9-6-10-17(11-16,13-20)18-14(2)3/h14-16,18,20H,4-13H2,1-3H3. The second-order valence-electron chi connectivity index (χ2n) is 7.37. The Hall–Kier alpha value is -0.120. The highest BCUT2D eigenvalue weighted by Crippen LogP contribution is 2.34. The van der Waals surface area contributed by atoms with Crippen LogP contribution in [0.15, 0.2) is 0 Å². The fourth-order valence-corrected chi connectivity index (χ4v) is 4.12. The fourth-order valence-electron chi connectivity index (χ4n) is 4.12. The lowest BCUT2D eigenvalue weighted by Crippen LogP contribution is -2.58. The summed E-state index contributed by atoms with van der Waals surface area (Å²) in [6.45, 7) is 9.39. The SMILES string of the molecule is CCN(CC1CCC1)C1CCCC(CO)(NC(C)C)C1. The van der Waals surface area contributed by atoms with Gasteiger partial charge in [-0.3, -0.25) is 0 Å². The zero-order valence-corrected chi connectivity index (χ0v) is 13.7. The summed E-state index contributed by atoms with van der Waals surface area (Å²) in [5.74, 6) is 0.943.